The first-order chi connectivity index (χ1) is 8.78. The predicted octanol–water partition coefficient (Wildman–Crippen LogP) is 1.30. The maximum absolute atomic E-state index is 11.6. The first-order valence-electron chi connectivity index (χ1n) is 6.37. The van der Waals surface area contributed by atoms with Gasteiger partial charge in [-0.15, -0.1) is 0 Å². The summed E-state index contributed by atoms with van der Waals surface area (Å²) in [5.41, 5.74) is 0.472. The maximum Gasteiger partial charge on any atom is 0.315 e. The third-order valence-corrected chi connectivity index (χ3v) is 3.13. The zero-order valence-corrected chi connectivity index (χ0v) is 10.3. The third kappa shape index (κ3) is 3.73. The van der Waals surface area contributed by atoms with Gasteiger partial charge in [0.2, 0.25) is 0 Å². The molecule has 3 N–H and O–H groups in total. The number of urea groups is 1. The van der Waals surface area contributed by atoms with Crippen molar-refractivity contribution in [2.75, 3.05) is 0 Å². The van der Waals surface area contributed by atoms with Crippen LogP contribution in [-0.2, 0) is 13.2 Å². The van der Waals surface area contributed by atoms with Crippen molar-refractivity contribution in [2.45, 2.75) is 51.3 Å². The zero-order chi connectivity index (χ0) is 12.8. The van der Waals surface area contributed by atoms with Gasteiger partial charge < -0.3 is 20.3 Å². The van der Waals surface area contributed by atoms with Gasteiger partial charge in [0, 0.05) is 12.1 Å². The van der Waals surface area contributed by atoms with Crippen LogP contribution < -0.4 is 10.6 Å². The second kappa shape index (κ2) is 6.39. The number of aliphatic hydroxyl groups excluding tert-OH is 1. The van der Waals surface area contributed by atoms with Gasteiger partial charge in [0.25, 0.3) is 0 Å². The molecule has 0 saturated heterocycles. The van der Waals surface area contributed by atoms with Crippen molar-refractivity contribution in [2.24, 2.45) is 0 Å². The van der Waals surface area contributed by atoms with E-state index in [1.807, 2.05) is 0 Å². The van der Waals surface area contributed by atoms with Gasteiger partial charge in [-0.25, -0.2) is 4.79 Å². The fourth-order valence-corrected chi connectivity index (χ4v) is 2.16. The van der Waals surface area contributed by atoms with Crippen molar-refractivity contribution in [1.82, 2.24) is 15.8 Å². The Morgan fingerprint density at radius 3 is 2.89 bits per heavy atom. The minimum Gasteiger partial charge on any atom is -0.390 e. The molecule has 6 heteroatoms. The van der Waals surface area contributed by atoms with E-state index < -0.39 is 0 Å². The molecule has 1 fully saturated rings. The molecule has 1 aliphatic rings. The van der Waals surface area contributed by atoms with Crippen LogP contribution in [0.4, 0.5) is 4.79 Å². The monoisotopic (exact) mass is 253 g/mol. The summed E-state index contributed by atoms with van der Waals surface area (Å²) >= 11 is 0. The van der Waals surface area contributed by atoms with E-state index in [0.717, 1.165) is 12.8 Å². The van der Waals surface area contributed by atoms with Crippen LogP contribution in [0.15, 0.2) is 10.6 Å². The number of nitrogens with zero attached hydrogens (tertiary/aromatic N) is 1. The molecule has 1 saturated carbocycles. The molecule has 1 aromatic heterocycles. The summed E-state index contributed by atoms with van der Waals surface area (Å²) in [6.07, 6.45) is 5.76. The maximum atomic E-state index is 11.6. The van der Waals surface area contributed by atoms with Gasteiger partial charge in [-0.2, -0.15) is 0 Å². The first-order valence-corrected chi connectivity index (χ1v) is 6.37. The van der Waals surface area contributed by atoms with Gasteiger partial charge in [-0.05, 0) is 12.8 Å². The first kappa shape index (κ1) is 12.9. The smallest absolute Gasteiger partial charge is 0.315 e. The van der Waals surface area contributed by atoms with Gasteiger partial charge in [0.05, 0.1) is 13.2 Å². The fraction of sp³-hybridized carbons (Fsp3) is 0.667. The van der Waals surface area contributed by atoms with Gasteiger partial charge in [0.15, 0.2) is 5.76 Å². The highest BCUT2D eigenvalue weighted by molar-refractivity contribution is 5.74. The summed E-state index contributed by atoms with van der Waals surface area (Å²) in [4.78, 5) is 11.6. The number of aliphatic hydroxyl groups is 1. The molecule has 0 spiro atoms. The molecule has 1 aliphatic carbocycles. The molecule has 0 aromatic carbocycles. The van der Waals surface area contributed by atoms with Gasteiger partial charge in [-0.1, -0.05) is 24.4 Å². The highest BCUT2D eigenvalue weighted by atomic mass is 16.5. The number of aromatic nitrogens is 1. The predicted molar refractivity (Wildman–Crippen MR) is 64.7 cm³/mol. The number of rotatable bonds is 4. The second-order valence-electron chi connectivity index (χ2n) is 4.60. The number of nitrogens with one attached hydrogen (secondary N) is 2. The van der Waals surface area contributed by atoms with Crippen molar-refractivity contribution in [3.8, 4) is 0 Å². The van der Waals surface area contributed by atoms with Crippen LogP contribution in [0.1, 0.15) is 43.6 Å². The molecule has 18 heavy (non-hydrogen) atoms. The van der Waals surface area contributed by atoms with Gasteiger partial charge in [-0.3, -0.25) is 0 Å². The van der Waals surface area contributed by atoms with Crippen LogP contribution in [0, 0.1) is 0 Å². The lowest BCUT2D eigenvalue weighted by Crippen LogP contribution is -2.42. The minimum atomic E-state index is -0.177. The molecular formula is C12H19N3O3. The SMILES string of the molecule is O=C(NCc1cc(CO)no1)NC1CCCCC1. The average Bonchev–Trinajstić information content (AvgIpc) is 2.85. The number of amides is 2. The van der Waals surface area contributed by atoms with E-state index in [9.17, 15) is 4.79 Å². The quantitative estimate of drug-likeness (QED) is 0.754. The molecule has 1 aromatic rings. The van der Waals surface area contributed by atoms with E-state index in [1.165, 1.54) is 19.3 Å². The number of carbonyl (C=O) groups excluding carboxylic acids is 1. The Balaban J connectivity index is 1.70. The molecule has 1 heterocycles. The summed E-state index contributed by atoms with van der Waals surface area (Å²) in [5, 5.41) is 18.1. The van der Waals surface area contributed by atoms with Crippen LogP contribution in [0.25, 0.3) is 0 Å². The normalized spacial score (nSPS) is 16.5. The Labute approximate surface area is 106 Å². The molecule has 100 valence electrons. The van der Waals surface area contributed by atoms with Crippen molar-refractivity contribution in [1.29, 1.82) is 0 Å². The lowest BCUT2D eigenvalue weighted by atomic mass is 9.96. The van der Waals surface area contributed by atoms with Gasteiger partial charge >= 0.3 is 6.03 Å². The van der Waals surface area contributed by atoms with Gasteiger partial charge in [0.1, 0.15) is 5.69 Å². The van der Waals surface area contributed by atoms with E-state index in [4.69, 9.17) is 9.63 Å². The molecule has 6 nitrogen and oxygen atoms in total. The Bertz CT molecular complexity index is 386. The van der Waals surface area contributed by atoms with E-state index >= 15 is 0 Å². The molecule has 2 rings (SSSR count). The van der Waals surface area contributed by atoms with E-state index in [1.54, 1.807) is 6.07 Å². The summed E-state index contributed by atoms with van der Waals surface area (Å²) in [7, 11) is 0. The number of carbonyl (C=O) groups is 1. The van der Waals surface area contributed by atoms with E-state index in [2.05, 4.69) is 15.8 Å². The molecule has 0 unspecified atom stereocenters. The third-order valence-electron chi connectivity index (χ3n) is 3.13. The number of hydrogen-bond acceptors (Lipinski definition) is 4. The molecule has 0 aliphatic heterocycles. The van der Waals surface area contributed by atoms with Crippen molar-refractivity contribution < 1.29 is 14.4 Å². The van der Waals surface area contributed by atoms with Crippen LogP contribution in [0.2, 0.25) is 0 Å². The van der Waals surface area contributed by atoms with Crippen LogP contribution in [0.3, 0.4) is 0 Å². The molecule has 0 radical (unpaired) electrons. The number of hydrogen-bond donors (Lipinski definition) is 3. The lowest BCUT2D eigenvalue weighted by molar-refractivity contribution is 0.230. The Morgan fingerprint density at radius 2 is 2.22 bits per heavy atom. The summed E-state index contributed by atoms with van der Waals surface area (Å²) < 4.78 is 4.94. The minimum absolute atomic E-state index is 0.155. The zero-order valence-electron chi connectivity index (χ0n) is 10.3. The highest BCUT2D eigenvalue weighted by Crippen LogP contribution is 2.17. The van der Waals surface area contributed by atoms with Crippen molar-refractivity contribution in [3.05, 3.63) is 17.5 Å². The van der Waals surface area contributed by atoms with E-state index in [-0.39, 0.29) is 19.2 Å². The Morgan fingerprint density at radius 1 is 1.44 bits per heavy atom. The molecular weight excluding hydrogens is 234 g/mol. The average molecular weight is 253 g/mol. The van der Waals surface area contributed by atoms with Crippen LogP contribution in [0.5, 0.6) is 0 Å². The Hall–Kier alpha value is -1.56. The molecule has 0 bridgehead atoms. The summed E-state index contributed by atoms with van der Waals surface area (Å²) in [6.45, 7) is 0.128. The van der Waals surface area contributed by atoms with Crippen LogP contribution >= 0.6 is 0 Å². The fourth-order valence-electron chi connectivity index (χ4n) is 2.16. The molecule has 0 atom stereocenters. The standard InChI is InChI=1S/C12H19N3O3/c16-8-10-6-11(18-15-10)7-13-12(17)14-9-4-2-1-3-5-9/h6,9,16H,1-5,7-8H2,(H2,13,14,17). The van der Waals surface area contributed by atoms with Crippen molar-refractivity contribution >= 4 is 6.03 Å². The summed E-state index contributed by atoms with van der Waals surface area (Å²) in [6, 6.07) is 1.74. The Kier molecular flexibility index (Phi) is 4.58. The second-order valence-corrected chi connectivity index (χ2v) is 4.60. The van der Waals surface area contributed by atoms with Crippen molar-refractivity contribution in [3.63, 3.8) is 0 Å². The topological polar surface area (TPSA) is 87.4 Å². The lowest BCUT2D eigenvalue weighted by Gasteiger charge is -2.22. The highest BCUT2D eigenvalue weighted by Gasteiger charge is 2.15. The summed E-state index contributed by atoms with van der Waals surface area (Å²) in [5.74, 6) is 0.540. The molecule has 2 amide bonds. The van der Waals surface area contributed by atoms with Crippen LogP contribution in [-0.4, -0.2) is 22.3 Å². The van der Waals surface area contributed by atoms with E-state index in [0.29, 0.717) is 17.5 Å². The largest absolute Gasteiger partial charge is 0.390 e.